The molecule has 0 aliphatic carbocycles. The molecule has 1 heterocycles. The molecular weight excluding hydrogens is 299 g/mol. The smallest absolute Gasteiger partial charge is 0.286 e. The first-order valence-corrected chi connectivity index (χ1v) is 6.82. The fraction of sp³-hybridized carbons (Fsp3) is 0.0625. The number of primary amides is 1. The number of aromatic nitrogens is 3. The van der Waals surface area contributed by atoms with Gasteiger partial charge in [-0.3, -0.25) is 9.89 Å². The molecule has 7 heteroatoms. The summed E-state index contributed by atoms with van der Waals surface area (Å²) in [6.45, 7) is 0.267. The number of nitrogens with one attached hydrogen (secondary N) is 1. The van der Waals surface area contributed by atoms with E-state index in [0.717, 1.165) is 5.56 Å². The monoisotopic (exact) mass is 312 g/mol. The summed E-state index contributed by atoms with van der Waals surface area (Å²) in [5, 5.41) is 6.22. The number of benzene rings is 2. The SMILES string of the molecule is NC(=O)c1nc(-c2ccc(OCc3ccccc3)c(F)c2)n[nH]1. The van der Waals surface area contributed by atoms with Crippen LogP contribution in [0.15, 0.2) is 48.5 Å². The van der Waals surface area contributed by atoms with Gasteiger partial charge in [0.15, 0.2) is 17.4 Å². The Labute approximate surface area is 131 Å². The molecule has 3 rings (SSSR count). The highest BCUT2D eigenvalue weighted by molar-refractivity contribution is 5.89. The van der Waals surface area contributed by atoms with Gasteiger partial charge in [0.25, 0.3) is 5.91 Å². The van der Waals surface area contributed by atoms with Crippen LogP contribution in [-0.4, -0.2) is 21.1 Å². The van der Waals surface area contributed by atoms with Crippen LogP contribution in [-0.2, 0) is 6.61 Å². The van der Waals surface area contributed by atoms with Gasteiger partial charge in [0.2, 0.25) is 5.82 Å². The molecule has 3 aromatic rings. The zero-order valence-corrected chi connectivity index (χ0v) is 12.0. The van der Waals surface area contributed by atoms with Crippen LogP contribution >= 0.6 is 0 Å². The predicted octanol–water partition coefficient (Wildman–Crippen LogP) is 2.29. The number of nitrogens with zero attached hydrogens (tertiary/aromatic N) is 2. The van der Waals surface area contributed by atoms with Crippen molar-refractivity contribution in [2.45, 2.75) is 6.61 Å². The van der Waals surface area contributed by atoms with Crippen molar-refractivity contribution in [3.63, 3.8) is 0 Å². The van der Waals surface area contributed by atoms with Gasteiger partial charge in [0.1, 0.15) is 6.61 Å². The number of hydrogen-bond donors (Lipinski definition) is 2. The summed E-state index contributed by atoms with van der Waals surface area (Å²) in [5.74, 6) is -1.03. The number of amides is 1. The Morgan fingerprint density at radius 1 is 1.22 bits per heavy atom. The van der Waals surface area contributed by atoms with Gasteiger partial charge in [0, 0.05) is 5.56 Å². The average molecular weight is 312 g/mol. The molecule has 0 atom stereocenters. The van der Waals surface area contributed by atoms with E-state index in [-0.39, 0.29) is 24.0 Å². The minimum Gasteiger partial charge on any atom is -0.486 e. The summed E-state index contributed by atoms with van der Waals surface area (Å²) in [6, 6.07) is 13.8. The molecule has 0 aliphatic rings. The van der Waals surface area contributed by atoms with Crippen LogP contribution in [0.5, 0.6) is 5.75 Å². The molecule has 0 aliphatic heterocycles. The minimum absolute atomic E-state index is 0.0789. The van der Waals surface area contributed by atoms with Gasteiger partial charge in [0.05, 0.1) is 0 Å². The number of aromatic amines is 1. The second kappa shape index (κ2) is 6.27. The molecule has 1 aromatic heterocycles. The highest BCUT2D eigenvalue weighted by Gasteiger charge is 2.12. The van der Waals surface area contributed by atoms with Gasteiger partial charge in [-0.1, -0.05) is 30.3 Å². The number of carbonyl (C=O) groups excluding carboxylic acids is 1. The van der Waals surface area contributed by atoms with Crippen molar-refractivity contribution in [3.8, 4) is 17.1 Å². The van der Waals surface area contributed by atoms with Gasteiger partial charge >= 0.3 is 0 Å². The van der Waals surface area contributed by atoms with Crippen molar-refractivity contribution in [1.29, 1.82) is 0 Å². The number of ether oxygens (including phenoxy) is 1. The molecule has 0 unspecified atom stereocenters. The quantitative estimate of drug-likeness (QED) is 0.756. The summed E-state index contributed by atoms with van der Waals surface area (Å²) in [7, 11) is 0. The van der Waals surface area contributed by atoms with E-state index in [0.29, 0.717) is 5.56 Å². The number of H-pyrrole nitrogens is 1. The van der Waals surface area contributed by atoms with Crippen LogP contribution < -0.4 is 10.5 Å². The fourth-order valence-corrected chi connectivity index (χ4v) is 1.99. The lowest BCUT2D eigenvalue weighted by Gasteiger charge is -2.08. The third kappa shape index (κ3) is 3.34. The Morgan fingerprint density at radius 3 is 2.65 bits per heavy atom. The highest BCUT2D eigenvalue weighted by Crippen LogP contribution is 2.24. The molecule has 6 nitrogen and oxygen atoms in total. The Morgan fingerprint density at radius 2 is 2.00 bits per heavy atom. The summed E-state index contributed by atoms with van der Waals surface area (Å²) in [4.78, 5) is 14.9. The summed E-state index contributed by atoms with van der Waals surface area (Å²) < 4.78 is 19.6. The summed E-state index contributed by atoms with van der Waals surface area (Å²) in [6.07, 6.45) is 0. The molecule has 0 bridgehead atoms. The molecule has 0 spiro atoms. The van der Waals surface area contributed by atoms with Crippen molar-refractivity contribution < 1.29 is 13.9 Å². The van der Waals surface area contributed by atoms with Crippen molar-refractivity contribution in [2.24, 2.45) is 5.73 Å². The Bertz CT molecular complexity index is 833. The second-order valence-corrected chi connectivity index (χ2v) is 4.79. The maximum Gasteiger partial charge on any atom is 0.286 e. The van der Waals surface area contributed by atoms with Crippen molar-refractivity contribution >= 4 is 5.91 Å². The van der Waals surface area contributed by atoms with Crippen molar-refractivity contribution in [3.05, 3.63) is 65.7 Å². The predicted molar refractivity (Wildman–Crippen MR) is 81.1 cm³/mol. The van der Waals surface area contributed by atoms with Crippen molar-refractivity contribution in [2.75, 3.05) is 0 Å². The van der Waals surface area contributed by atoms with Gasteiger partial charge in [-0.05, 0) is 23.8 Å². The van der Waals surface area contributed by atoms with E-state index in [1.807, 2.05) is 30.3 Å². The minimum atomic E-state index is -0.730. The molecule has 116 valence electrons. The van der Waals surface area contributed by atoms with Crippen molar-refractivity contribution in [1.82, 2.24) is 15.2 Å². The van der Waals surface area contributed by atoms with Crippen LogP contribution in [0.1, 0.15) is 16.2 Å². The van der Waals surface area contributed by atoms with Gasteiger partial charge in [-0.25, -0.2) is 9.37 Å². The molecule has 0 saturated heterocycles. The Hall–Kier alpha value is -3.22. The number of nitrogens with two attached hydrogens (primary N) is 1. The highest BCUT2D eigenvalue weighted by atomic mass is 19.1. The van der Waals surface area contributed by atoms with E-state index in [1.54, 1.807) is 6.07 Å². The lowest BCUT2D eigenvalue weighted by Crippen LogP contribution is -2.12. The number of rotatable bonds is 5. The second-order valence-electron chi connectivity index (χ2n) is 4.79. The average Bonchev–Trinajstić information content (AvgIpc) is 3.05. The Kier molecular flexibility index (Phi) is 4.01. The van der Waals surface area contributed by atoms with Gasteiger partial charge < -0.3 is 10.5 Å². The molecule has 0 radical (unpaired) electrons. The van der Waals surface area contributed by atoms with Crippen LogP contribution in [0.3, 0.4) is 0 Å². The molecule has 0 fully saturated rings. The zero-order chi connectivity index (χ0) is 16.2. The Balaban J connectivity index is 1.76. The molecule has 23 heavy (non-hydrogen) atoms. The van der Waals surface area contributed by atoms with Gasteiger partial charge in [-0.15, -0.1) is 0 Å². The molecule has 3 N–H and O–H groups in total. The van der Waals surface area contributed by atoms with E-state index in [4.69, 9.17) is 10.5 Å². The van der Waals surface area contributed by atoms with E-state index in [1.165, 1.54) is 12.1 Å². The first-order valence-electron chi connectivity index (χ1n) is 6.82. The molecule has 0 saturated carbocycles. The largest absolute Gasteiger partial charge is 0.486 e. The standard InChI is InChI=1S/C16H13FN4O2/c17-12-8-11(15-19-16(14(18)22)21-20-15)6-7-13(12)23-9-10-4-2-1-3-5-10/h1-8H,9H2,(H2,18,22)(H,19,20,21). The zero-order valence-electron chi connectivity index (χ0n) is 12.0. The number of carbonyl (C=O) groups is 1. The maximum absolute atomic E-state index is 14.1. The van der Waals surface area contributed by atoms with E-state index in [2.05, 4.69) is 15.2 Å². The maximum atomic E-state index is 14.1. The first kappa shape index (κ1) is 14.7. The van der Waals surface area contributed by atoms with E-state index < -0.39 is 11.7 Å². The number of hydrogen-bond acceptors (Lipinski definition) is 4. The molecule has 2 aromatic carbocycles. The number of halogens is 1. The molecular formula is C16H13FN4O2. The van der Waals surface area contributed by atoms with E-state index >= 15 is 0 Å². The van der Waals surface area contributed by atoms with Gasteiger partial charge in [-0.2, -0.15) is 5.10 Å². The van der Waals surface area contributed by atoms with Crippen LogP contribution in [0.2, 0.25) is 0 Å². The lowest BCUT2D eigenvalue weighted by atomic mass is 10.2. The molecule has 1 amide bonds. The lowest BCUT2D eigenvalue weighted by molar-refractivity contribution is 0.0991. The van der Waals surface area contributed by atoms with Crippen LogP contribution in [0.4, 0.5) is 4.39 Å². The normalized spacial score (nSPS) is 10.5. The first-order chi connectivity index (χ1) is 11.1. The van der Waals surface area contributed by atoms with E-state index in [9.17, 15) is 9.18 Å². The van der Waals surface area contributed by atoms with Crippen LogP contribution in [0.25, 0.3) is 11.4 Å². The summed E-state index contributed by atoms with van der Waals surface area (Å²) >= 11 is 0. The fourth-order valence-electron chi connectivity index (χ4n) is 1.99. The summed E-state index contributed by atoms with van der Waals surface area (Å²) in [5.41, 5.74) is 6.44. The topological polar surface area (TPSA) is 93.9 Å². The third-order valence-electron chi connectivity index (χ3n) is 3.15. The van der Waals surface area contributed by atoms with Crippen LogP contribution in [0, 0.1) is 5.82 Å². The third-order valence-corrected chi connectivity index (χ3v) is 3.15.